The fraction of sp³-hybridized carbons (Fsp3) is 0.405. The Morgan fingerprint density at radius 3 is 2.55 bits per heavy atom. The summed E-state index contributed by atoms with van der Waals surface area (Å²) in [6, 6.07) is 8.20. The molecule has 3 aromatic heterocycles. The molecule has 12 heteroatoms. The Hall–Kier alpha value is -4.55. The van der Waals surface area contributed by atoms with Crippen molar-refractivity contribution in [1.29, 1.82) is 0 Å². The molecule has 1 fully saturated rings. The predicted molar refractivity (Wildman–Crippen MR) is 191 cm³/mol. The summed E-state index contributed by atoms with van der Waals surface area (Å²) in [4.78, 5) is 52.3. The van der Waals surface area contributed by atoms with E-state index in [1.165, 1.54) is 34.1 Å². The summed E-state index contributed by atoms with van der Waals surface area (Å²) < 4.78 is 22.5. The first-order valence-corrected chi connectivity index (χ1v) is 17.8. The summed E-state index contributed by atoms with van der Waals surface area (Å²) in [6.07, 6.45) is 8.34. The van der Waals surface area contributed by atoms with Gasteiger partial charge in [0.1, 0.15) is 23.9 Å². The molecule has 0 radical (unpaired) electrons. The minimum Gasteiger partial charge on any atom is -0.461 e. The van der Waals surface area contributed by atoms with Gasteiger partial charge in [0.2, 0.25) is 0 Å². The van der Waals surface area contributed by atoms with Crippen LogP contribution >= 0.6 is 11.3 Å². The van der Waals surface area contributed by atoms with Crippen LogP contribution in [0.2, 0.25) is 0 Å². The number of pyridine rings is 2. The molecule has 1 aromatic carbocycles. The molecule has 0 bridgehead atoms. The van der Waals surface area contributed by atoms with Crippen LogP contribution in [0.5, 0.6) is 0 Å². The van der Waals surface area contributed by atoms with Crippen molar-refractivity contribution in [2.24, 2.45) is 7.05 Å². The van der Waals surface area contributed by atoms with Gasteiger partial charge in [-0.05, 0) is 85.7 Å². The lowest BCUT2D eigenvalue weighted by atomic mass is 9.91. The summed E-state index contributed by atoms with van der Waals surface area (Å²) in [5, 5.41) is 3.16. The lowest BCUT2D eigenvalue weighted by Crippen LogP contribution is -2.46. The summed E-state index contributed by atoms with van der Waals surface area (Å²) >= 11 is 1.56. The lowest BCUT2D eigenvalue weighted by Gasteiger charge is -2.35. The molecule has 1 aliphatic carbocycles. The normalized spacial score (nSPS) is 16.4. The van der Waals surface area contributed by atoms with Gasteiger partial charge in [-0.2, -0.15) is 0 Å². The molecule has 7 rings (SSSR count). The summed E-state index contributed by atoms with van der Waals surface area (Å²) in [6.45, 7) is 8.61. The Bertz CT molecular complexity index is 1960. The van der Waals surface area contributed by atoms with Crippen LogP contribution < -0.4 is 20.7 Å². The number of carbonyl (C=O) groups is 2. The smallest absolute Gasteiger partial charge is 0.302 e. The molecule has 2 aliphatic heterocycles. The molecule has 10 nitrogen and oxygen atoms in total. The molecule has 1 amide bonds. The zero-order valence-corrected chi connectivity index (χ0v) is 29.0. The van der Waals surface area contributed by atoms with E-state index in [1.54, 1.807) is 41.7 Å². The van der Waals surface area contributed by atoms with E-state index < -0.39 is 11.8 Å². The van der Waals surface area contributed by atoms with Crippen molar-refractivity contribution in [2.75, 3.05) is 54.4 Å². The number of anilines is 4. The van der Waals surface area contributed by atoms with Crippen LogP contribution in [0.15, 0.2) is 47.5 Å². The van der Waals surface area contributed by atoms with Crippen molar-refractivity contribution in [3.05, 3.63) is 85.3 Å². The first-order valence-electron chi connectivity index (χ1n) is 17.0. The van der Waals surface area contributed by atoms with Crippen LogP contribution in [0, 0.1) is 5.82 Å². The van der Waals surface area contributed by atoms with Gasteiger partial charge in [0.25, 0.3) is 11.5 Å². The van der Waals surface area contributed by atoms with Crippen LogP contribution in [0.4, 0.5) is 27.3 Å². The number of thiophene rings is 1. The average molecular weight is 685 g/mol. The highest BCUT2D eigenvalue weighted by Crippen LogP contribution is 2.41. The molecule has 0 spiro atoms. The molecule has 0 saturated carbocycles. The Labute approximate surface area is 289 Å². The van der Waals surface area contributed by atoms with E-state index in [9.17, 15) is 14.4 Å². The molecule has 3 aliphatic rings. The van der Waals surface area contributed by atoms with Crippen molar-refractivity contribution in [1.82, 2.24) is 14.5 Å². The number of halogens is 1. The van der Waals surface area contributed by atoms with Gasteiger partial charge in [0.05, 0.1) is 22.4 Å². The van der Waals surface area contributed by atoms with E-state index in [2.05, 4.69) is 27.0 Å². The lowest BCUT2D eigenvalue weighted by molar-refractivity contribution is -0.142. The van der Waals surface area contributed by atoms with Crippen molar-refractivity contribution < 1.29 is 18.7 Å². The van der Waals surface area contributed by atoms with Crippen LogP contribution in [0.1, 0.15) is 57.9 Å². The van der Waals surface area contributed by atoms with Gasteiger partial charge in [-0.1, -0.05) is 6.92 Å². The molecular weight excluding hydrogens is 644 g/mol. The predicted octanol–water partition coefficient (Wildman–Crippen LogP) is 5.68. The van der Waals surface area contributed by atoms with Crippen LogP contribution in [0.25, 0.3) is 11.1 Å². The van der Waals surface area contributed by atoms with E-state index in [0.717, 1.165) is 74.5 Å². The number of likely N-dealkylation sites (N-methyl/N-ethyl adjacent to an activating group) is 1. The maximum Gasteiger partial charge on any atom is 0.302 e. The minimum absolute atomic E-state index is 0.161. The van der Waals surface area contributed by atoms with E-state index >= 15 is 4.39 Å². The number of hydrogen-bond donors (Lipinski definition) is 1. The maximum absolute atomic E-state index is 15.6. The highest BCUT2D eigenvalue weighted by atomic mass is 32.1. The molecule has 49 heavy (non-hydrogen) atoms. The quantitative estimate of drug-likeness (QED) is 0.237. The van der Waals surface area contributed by atoms with Gasteiger partial charge in [0.15, 0.2) is 0 Å². The van der Waals surface area contributed by atoms with Crippen molar-refractivity contribution >= 4 is 46.1 Å². The monoisotopic (exact) mass is 684 g/mol. The second-order valence-corrected chi connectivity index (χ2v) is 14.1. The van der Waals surface area contributed by atoms with Crippen LogP contribution in [-0.2, 0) is 42.4 Å². The number of aryl methyl sites for hydroxylation is 2. The number of ether oxygens (including phenoxy) is 1. The third kappa shape index (κ3) is 6.59. The van der Waals surface area contributed by atoms with Gasteiger partial charge in [-0.25, -0.2) is 9.37 Å². The zero-order valence-electron chi connectivity index (χ0n) is 28.2. The number of amides is 1. The highest BCUT2D eigenvalue weighted by molar-refractivity contribution is 7.14. The number of nitrogens with zero attached hydrogens (tertiary/aromatic N) is 5. The Morgan fingerprint density at radius 1 is 1.02 bits per heavy atom. The Balaban J connectivity index is 1.22. The van der Waals surface area contributed by atoms with Gasteiger partial charge < -0.3 is 29.3 Å². The van der Waals surface area contributed by atoms with Gasteiger partial charge in [-0.3, -0.25) is 14.4 Å². The Morgan fingerprint density at radius 2 is 1.82 bits per heavy atom. The molecule has 4 aromatic rings. The van der Waals surface area contributed by atoms with Crippen molar-refractivity contribution in [3.63, 3.8) is 0 Å². The third-order valence-electron chi connectivity index (χ3n) is 9.90. The van der Waals surface area contributed by atoms with Gasteiger partial charge >= 0.3 is 5.97 Å². The number of benzene rings is 1. The number of nitrogens with one attached hydrogen (secondary N) is 1. The largest absolute Gasteiger partial charge is 0.461 e. The summed E-state index contributed by atoms with van der Waals surface area (Å²) in [5.74, 6) is -0.700. The minimum atomic E-state index is -0.541. The van der Waals surface area contributed by atoms with E-state index in [4.69, 9.17) is 4.74 Å². The van der Waals surface area contributed by atoms with Crippen LogP contribution in [-0.4, -0.2) is 65.6 Å². The molecule has 0 atom stereocenters. The fourth-order valence-corrected chi connectivity index (χ4v) is 8.64. The van der Waals surface area contributed by atoms with Crippen molar-refractivity contribution in [3.8, 4) is 11.1 Å². The van der Waals surface area contributed by atoms with E-state index in [0.29, 0.717) is 41.2 Å². The SMILES string of the molecule is CCN1CCN(c2ccc(Nc3cc(-c4cc(F)cc(N5CCc6c(sc7c6CCCC7)C5=O)c4COC(C)=O)cn(C)c3=O)nc2)CC1. The molecule has 1 N–H and O–H groups in total. The summed E-state index contributed by atoms with van der Waals surface area (Å²) in [7, 11) is 1.63. The number of fused-ring (bicyclic) bond motifs is 3. The second kappa shape index (κ2) is 13.8. The van der Waals surface area contributed by atoms with Crippen LogP contribution in [0.3, 0.4) is 0 Å². The Kier molecular flexibility index (Phi) is 9.25. The van der Waals surface area contributed by atoms with E-state index in [1.807, 2.05) is 12.1 Å². The maximum atomic E-state index is 15.6. The standard InChI is InChI=1S/C37H41FN6O4S/c1-4-42-13-15-43(16-14-42)26-9-10-34(39-20-26)40-31-17-24(21-41(3)36(31)46)29-18-25(38)19-32(30(29)22-48-23(2)45)44-12-11-28-27-7-5-6-8-33(27)49-35(28)37(44)47/h9-10,17-21H,4-8,11-16,22H2,1-3H3,(H,39,40). The zero-order chi connectivity index (χ0) is 34.2. The number of esters is 1. The number of aromatic nitrogens is 2. The number of rotatable bonds is 8. The van der Waals surface area contributed by atoms with Crippen molar-refractivity contribution in [2.45, 2.75) is 52.6 Å². The van der Waals surface area contributed by atoms with Gasteiger partial charge in [0, 0.05) is 68.9 Å². The number of piperazine rings is 1. The molecule has 0 unspecified atom stereocenters. The second-order valence-electron chi connectivity index (χ2n) is 13.0. The molecule has 5 heterocycles. The number of carbonyl (C=O) groups excluding carboxylic acids is 2. The first kappa shape index (κ1) is 33.0. The number of hydrogen-bond acceptors (Lipinski definition) is 9. The fourth-order valence-electron chi connectivity index (χ4n) is 7.25. The van der Waals surface area contributed by atoms with E-state index in [-0.39, 0.29) is 23.8 Å². The molecular formula is C37H41FN6O4S. The average Bonchev–Trinajstić information content (AvgIpc) is 3.49. The van der Waals surface area contributed by atoms with Gasteiger partial charge in [-0.15, -0.1) is 11.3 Å². The summed E-state index contributed by atoms with van der Waals surface area (Å²) in [5.41, 5.74) is 5.24. The highest BCUT2D eigenvalue weighted by Gasteiger charge is 2.34. The third-order valence-corrected chi connectivity index (χ3v) is 11.2. The molecule has 1 saturated heterocycles. The molecule has 256 valence electrons. The first-order chi connectivity index (χ1) is 23.7. The topological polar surface area (TPSA) is 100 Å².